The van der Waals surface area contributed by atoms with Crippen LogP contribution in [0.2, 0.25) is 0 Å². The lowest BCUT2D eigenvalue weighted by molar-refractivity contribution is -0.116. The topological polar surface area (TPSA) is 151 Å². The van der Waals surface area contributed by atoms with Gasteiger partial charge in [0.2, 0.25) is 0 Å². The predicted molar refractivity (Wildman–Crippen MR) is 159 cm³/mol. The summed E-state index contributed by atoms with van der Waals surface area (Å²) in [5.74, 6) is 8.61. The van der Waals surface area contributed by atoms with Gasteiger partial charge in [-0.15, -0.1) is 24.8 Å². The van der Waals surface area contributed by atoms with Crippen LogP contribution in [-0.2, 0) is 35.8 Å². The highest BCUT2D eigenvalue weighted by molar-refractivity contribution is 5.94. The van der Waals surface area contributed by atoms with Crippen molar-refractivity contribution in [3.63, 3.8) is 0 Å². The zero-order valence-corrected chi connectivity index (χ0v) is 23.2. The first-order chi connectivity index (χ1) is 18.4. The van der Waals surface area contributed by atoms with Gasteiger partial charge in [0, 0.05) is 26.2 Å². The molecule has 0 aliphatic rings. The molecule has 2 unspecified atom stereocenters. The fraction of sp³-hybridized carbons (Fsp3) is 0.200. The molecule has 3 aromatic rings. The lowest BCUT2D eigenvalue weighted by atomic mass is 9.98. The molecule has 210 valence electrons. The first-order valence-corrected chi connectivity index (χ1v) is 12.0. The number of carbonyl (C=O) groups is 2. The molecule has 0 aromatic heterocycles. The number of benzene rings is 3. The smallest absolute Gasteiger partial charge is 0.296 e. The van der Waals surface area contributed by atoms with Gasteiger partial charge in [0.15, 0.2) is 0 Å². The molecule has 0 bridgehead atoms. The molecular formula is C30H32Cl2N4O4. The minimum absolute atomic E-state index is 0. The van der Waals surface area contributed by atoms with Crippen LogP contribution in [0.3, 0.4) is 0 Å². The summed E-state index contributed by atoms with van der Waals surface area (Å²) < 4.78 is 0. The third-order valence-electron chi connectivity index (χ3n) is 5.65. The van der Waals surface area contributed by atoms with Gasteiger partial charge in [-0.25, -0.2) is 0 Å². The fourth-order valence-corrected chi connectivity index (χ4v) is 3.47. The molecule has 2 amide bonds. The minimum Gasteiger partial charge on any atom is -0.376 e. The number of halogens is 2. The van der Waals surface area contributed by atoms with E-state index in [-0.39, 0.29) is 49.0 Å². The summed E-state index contributed by atoms with van der Waals surface area (Å²) in [5, 5.41) is 26.4. The summed E-state index contributed by atoms with van der Waals surface area (Å²) in [6.45, 7) is 1.44. The highest BCUT2D eigenvalue weighted by atomic mass is 35.5. The number of nitrogens with two attached hydrogens (primary N) is 2. The summed E-state index contributed by atoms with van der Waals surface area (Å²) in [4.78, 5) is 24.3. The summed E-state index contributed by atoms with van der Waals surface area (Å²) in [7, 11) is 0. The Kier molecular flexibility index (Phi) is 15.1. The highest BCUT2D eigenvalue weighted by Crippen LogP contribution is 2.23. The van der Waals surface area contributed by atoms with Crippen LogP contribution in [0.1, 0.15) is 45.6 Å². The van der Waals surface area contributed by atoms with Crippen LogP contribution in [0.25, 0.3) is 0 Å². The number of aliphatic hydroxyl groups is 2. The molecule has 3 aromatic carbocycles. The van der Waals surface area contributed by atoms with Gasteiger partial charge in [0.25, 0.3) is 11.8 Å². The number of amides is 2. The molecule has 8 nitrogen and oxygen atoms in total. The second kappa shape index (κ2) is 17.7. The van der Waals surface area contributed by atoms with Crippen molar-refractivity contribution >= 4 is 36.6 Å². The summed E-state index contributed by atoms with van der Waals surface area (Å²) in [6, 6.07) is 21.5. The van der Waals surface area contributed by atoms with Crippen molar-refractivity contribution in [3.8, 4) is 23.7 Å². The molecule has 40 heavy (non-hydrogen) atoms. The average molecular weight is 584 g/mol. The molecule has 0 saturated carbocycles. The molecular weight excluding hydrogens is 551 g/mol. The van der Waals surface area contributed by atoms with E-state index >= 15 is 0 Å². The Bertz CT molecular complexity index is 1270. The molecule has 0 fully saturated rings. The molecule has 0 aliphatic carbocycles. The largest absolute Gasteiger partial charge is 0.376 e. The van der Waals surface area contributed by atoms with E-state index in [2.05, 4.69) is 34.3 Å². The number of nitrogens with one attached hydrogen (secondary N) is 2. The Morgan fingerprint density at radius 1 is 0.625 bits per heavy atom. The minimum atomic E-state index is -1.34. The molecule has 0 spiro atoms. The van der Waals surface area contributed by atoms with Crippen molar-refractivity contribution in [2.24, 2.45) is 11.5 Å². The molecule has 0 aliphatic heterocycles. The van der Waals surface area contributed by atoms with Gasteiger partial charge >= 0.3 is 0 Å². The van der Waals surface area contributed by atoms with E-state index in [9.17, 15) is 19.8 Å². The van der Waals surface area contributed by atoms with Crippen LogP contribution in [0.4, 0.5) is 0 Å². The average Bonchev–Trinajstić information content (AvgIpc) is 2.96. The monoisotopic (exact) mass is 582 g/mol. The van der Waals surface area contributed by atoms with Gasteiger partial charge in [-0.05, 0) is 45.2 Å². The van der Waals surface area contributed by atoms with Crippen LogP contribution >= 0.6 is 24.8 Å². The van der Waals surface area contributed by atoms with Crippen molar-refractivity contribution < 1.29 is 19.8 Å². The standard InChI is InChI=1S/C30H30N4O4.2ClH/c31-17-21-5-9-23(10-6-21)19-33-29(37)15-13-27(35)25-3-1-2-4-26(25)28(36)14-16-30(38)34-20-24-11-7-22(18-32)8-12-24;;/h1-12,27-28,35-36H,17-20,31-32H2,(H,33,37)(H,34,38);2*1H. The van der Waals surface area contributed by atoms with Crippen molar-refractivity contribution in [1.29, 1.82) is 0 Å². The van der Waals surface area contributed by atoms with Crippen LogP contribution in [0, 0.1) is 23.7 Å². The van der Waals surface area contributed by atoms with E-state index in [1.165, 1.54) is 0 Å². The van der Waals surface area contributed by atoms with Gasteiger partial charge in [-0.2, -0.15) is 0 Å². The maximum atomic E-state index is 12.1. The normalized spacial score (nSPS) is 11.1. The molecule has 2 atom stereocenters. The summed E-state index contributed by atoms with van der Waals surface area (Å²) in [6.07, 6.45) is -2.69. The van der Waals surface area contributed by atoms with Gasteiger partial charge in [0.05, 0.1) is 0 Å². The highest BCUT2D eigenvalue weighted by Gasteiger charge is 2.15. The predicted octanol–water partition coefficient (Wildman–Crippen LogP) is 2.15. The SMILES string of the molecule is Cl.Cl.NCc1ccc(CNC(=O)C#CC(O)c2ccccc2C(O)C#CC(=O)NCc2ccc(CN)cc2)cc1. The lowest BCUT2D eigenvalue weighted by Gasteiger charge is -2.12. The Morgan fingerprint density at radius 3 is 1.27 bits per heavy atom. The maximum absolute atomic E-state index is 12.1. The number of aliphatic hydroxyl groups excluding tert-OH is 2. The molecule has 8 N–H and O–H groups in total. The molecule has 3 rings (SSSR count). The first kappa shape index (κ1) is 34.2. The number of rotatable bonds is 8. The third-order valence-corrected chi connectivity index (χ3v) is 5.65. The molecule has 0 radical (unpaired) electrons. The molecule has 10 heteroatoms. The van der Waals surface area contributed by atoms with E-state index in [1.54, 1.807) is 24.3 Å². The van der Waals surface area contributed by atoms with Crippen LogP contribution in [0.15, 0.2) is 72.8 Å². The summed E-state index contributed by atoms with van der Waals surface area (Å²) in [5.41, 5.74) is 15.5. The van der Waals surface area contributed by atoms with Crippen LogP contribution in [-0.4, -0.2) is 22.0 Å². The van der Waals surface area contributed by atoms with Crippen LogP contribution in [0.5, 0.6) is 0 Å². The first-order valence-electron chi connectivity index (χ1n) is 12.0. The van der Waals surface area contributed by atoms with Gasteiger partial charge < -0.3 is 32.3 Å². The van der Waals surface area contributed by atoms with E-state index in [0.29, 0.717) is 13.1 Å². The van der Waals surface area contributed by atoms with Gasteiger partial charge in [0.1, 0.15) is 12.2 Å². The maximum Gasteiger partial charge on any atom is 0.296 e. The van der Waals surface area contributed by atoms with Crippen molar-refractivity contribution in [3.05, 3.63) is 106 Å². The van der Waals surface area contributed by atoms with Gasteiger partial charge in [-0.1, -0.05) is 84.6 Å². The molecule has 0 heterocycles. The molecule has 0 saturated heterocycles. The number of hydrogen-bond acceptors (Lipinski definition) is 6. The number of hydrogen-bond donors (Lipinski definition) is 6. The zero-order valence-electron chi connectivity index (χ0n) is 21.6. The lowest BCUT2D eigenvalue weighted by Crippen LogP contribution is -2.21. The van der Waals surface area contributed by atoms with Gasteiger partial charge in [-0.3, -0.25) is 9.59 Å². The van der Waals surface area contributed by atoms with E-state index < -0.39 is 24.0 Å². The third kappa shape index (κ3) is 10.7. The fourth-order valence-electron chi connectivity index (χ4n) is 3.47. The van der Waals surface area contributed by atoms with Crippen molar-refractivity contribution in [2.75, 3.05) is 0 Å². The number of carbonyl (C=O) groups excluding carboxylic acids is 2. The Labute approximate surface area is 246 Å². The van der Waals surface area contributed by atoms with Crippen molar-refractivity contribution in [2.45, 2.75) is 38.4 Å². The second-order valence-electron chi connectivity index (χ2n) is 8.38. The second-order valence-corrected chi connectivity index (χ2v) is 8.38. The van der Waals surface area contributed by atoms with Crippen LogP contribution < -0.4 is 22.1 Å². The Hall–Kier alpha value is -3.86. The Morgan fingerprint density at radius 2 is 0.950 bits per heavy atom. The van der Waals surface area contributed by atoms with E-state index in [4.69, 9.17) is 11.5 Å². The van der Waals surface area contributed by atoms with E-state index in [1.807, 2.05) is 48.5 Å². The van der Waals surface area contributed by atoms with Crippen molar-refractivity contribution in [1.82, 2.24) is 10.6 Å². The zero-order chi connectivity index (χ0) is 27.3. The van der Waals surface area contributed by atoms with E-state index in [0.717, 1.165) is 22.3 Å². The summed E-state index contributed by atoms with van der Waals surface area (Å²) >= 11 is 0. The quantitative estimate of drug-likeness (QED) is 0.224. The Balaban J connectivity index is 0.00000400.